The topological polar surface area (TPSA) is 84.0 Å². The van der Waals surface area contributed by atoms with Gasteiger partial charge in [-0.2, -0.15) is 0 Å². The molecule has 0 saturated carbocycles. The molecule has 2 aromatic rings. The summed E-state index contributed by atoms with van der Waals surface area (Å²) in [6, 6.07) is 6.63. The Balaban J connectivity index is 2.46. The van der Waals surface area contributed by atoms with E-state index in [1.54, 1.807) is 31.4 Å². The zero-order chi connectivity index (χ0) is 15.5. The van der Waals surface area contributed by atoms with Crippen molar-refractivity contribution in [3.05, 3.63) is 41.3 Å². The van der Waals surface area contributed by atoms with Crippen LogP contribution in [0.25, 0.3) is 0 Å². The summed E-state index contributed by atoms with van der Waals surface area (Å²) >= 11 is 5.81. The summed E-state index contributed by atoms with van der Waals surface area (Å²) in [6.45, 7) is 0.528. The molecule has 0 saturated heterocycles. The van der Waals surface area contributed by atoms with Crippen molar-refractivity contribution in [1.82, 2.24) is 15.3 Å². The van der Waals surface area contributed by atoms with Gasteiger partial charge in [-0.1, -0.05) is 12.1 Å². The molecule has 21 heavy (non-hydrogen) atoms. The molecule has 0 aliphatic heterocycles. The van der Waals surface area contributed by atoms with Gasteiger partial charge in [0.15, 0.2) is 9.84 Å². The Morgan fingerprint density at radius 3 is 2.67 bits per heavy atom. The standard InChI is InChI=1S/C13H15ClN4O2S/c1-15-7-9-8-16-13(14)18-12(9)17-10-5-3-4-6-11(10)21(2,19)20/h3-6,8,15H,7H2,1-2H3,(H,16,17,18). The fraction of sp³-hybridized carbons (Fsp3) is 0.231. The van der Waals surface area contributed by atoms with E-state index in [-0.39, 0.29) is 10.2 Å². The number of nitrogens with one attached hydrogen (secondary N) is 2. The molecule has 0 aliphatic carbocycles. The zero-order valence-corrected chi connectivity index (χ0v) is 13.2. The number of halogens is 1. The summed E-state index contributed by atoms with van der Waals surface area (Å²) in [5.74, 6) is 0.473. The van der Waals surface area contributed by atoms with Gasteiger partial charge in [-0.25, -0.2) is 18.4 Å². The van der Waals surface area contributed by atoms with Gasteiger partial charge in [0.05, 0.1) is 10.6 Å². The molecular weight excluding hydrogens is 312 g/mol. The molecule has 0 atom stereocenters. The van der Waals surface area contributed by atoms with Crippen LogP contribution in [-0.2, 0) is 16.4 Å². The van der Waals surface area contributed by atoms with E-state index >= 15 is 0 Å². The van der Waals surface area contributed by atoms with Crippen LogP contribution in [-0.4, -0.2) is 31.7 Å². The molecule has 0 aliphatic rings. The second-order valence-electron chi connectivity index (χ2n) is 4.44. The Morgan fingerprint density at radius 1 is 1.29 bits per heavy atom. The molecule has 2 rings (SSSR count). The molecule has 6 nitrogen and oxygen atoms in total. The monoisotopic (exact) mass is 326 g/mol. The van der Waals surface area contributed by atoms with Crippen LogP contribution in [0.4, 0.5) is 11.5 Å². The molecule has 1 aromatic heterocycles. The fourth-order valence-corrected chi connectivity index (χ4v) is 2.81. The predicted octanol–water partition coefficient (Wildman–Crippen LogP) is 2.00. The molecule has 2 N–H and O–H groups in total. The van der Waals surface area contributed by atoms with Crippen molar-refractivity contribution in [2.75, 3.05) is 18.6 Å². The molecule has 0 unspecified atom stereocenters. The minimum atomic E-state index is -3.34. The summed E-state index contributed by atoms with van der Waals surface area (Å²) in [5.41, 5.74) is 1.23. The highest BCUT2D eigenvalue weighted by Crippen LogP contribution is 2.26. The van der Waals surface area contributed by atoms with Crippen LogP contribution in [0.3, 0.4) is 0 Å². The Bertz CT molecular complexity index is 750. The van der Waals surface area contributed by atoms with Gasteiger partial charge in [0.1, 0.15) is 5.82 Å². The van der Waals surface area contributed by atoms with Crippen molar-refractivity contribution in [3.8, 4) is 0 Å². The summed E-state index contributed by atoms with van der Waals surface area (Å²) in [5, 5.41) is 6.10. The summed E-state index contributed by atoms with van der Waals surface area (Å²) < 4.78 is 23.6. The third-order valence-electron chi connectivity index (χ3n) is 2.74. The van der Waals surface area contributed by atoms with Gasteiger partial charge in [-0.3, -0.25) is 0 Å². The Labute approximate surface area is 128 Å². The summed E-state index contributed by atoms with van der Waals surface area (Å²) in [4.78, 5) is 8.25. The predicted molar refractivity (Wildman–Crippen MR) is 82.6 cm³/mol. The molecule has 0 radical (unpaired) electrons. The van der Waals surface area contributed by atoms with Gasteiger partial charge in [-0.05, 0) is 30.8 Å². The third-order valence-corrected chi connectivity index (χ3v) is 4.08. The van der Waals surface area contributed by atoms with E-state index in [0.29, 0.717) is 18.1 Å². The molecule has 1 heterocycles. The van der Waals surface area contributed by atoms with E-state index in [4.69, 9.17) is 11.6 Å². The number of hydrogen-bond acceptors (Lipinski definition) is 6. The average Bonchev–Trinajstić information content (AvgIpc) is 2.41. The van der Waals surface area contributed by atoms with Crippen molar-refractivity contribution in [1.29, 1.82) is 0 Å². The number of aromatic nitrogens is 2. The lowest BCUT2D eigenvalue weighted by Crippen LogP contribution is -2.11. The van der Waals surface area contributed by atoms with Gasteiger partial charge < -0.3 is 10.6 Å². The first-order chi connectivity index (χ1) is 9.91. The van der Waals surface area contributed by atoms with Crippen LogP contribution in [0.15, 0.2) is 35.4 Å². The maximum absolute atomic E-state index is 11.8. The van der Waals surface area contributed by atoms with Crippen LogP contribution >= 0.6 is 11.6 Å². The molecule has 0 spiro atoms. The lowest BCUT2D eigenvalue weighted by Gasteiger charge is -2.13. The molecular formula is C13H15ClN4O2S. The quantitative estimate of drug-likeness (QED) is 0.818. The summed E-state index contributed by atoms with van der Waals surface area (Å²) in [6.07, 6.45) is 2.76. The van der Waals surface area contributed by atoms with Crippen molar-refractivity contribution in [3.63, 3.8) is 0 Å². The minimum Gasteiger partial charge on any atom is -0.339 e. The highest BCUT2D eigenvalue weighted by atomic mass is 35.5. The van der Waals surface area contributed by atoms with Crippen molar-refractivity contribution in [2.24, 2.45) is 0 Å². The Morgan fingerprint density at radius 2 is 2.00 bits per heavy atom. The molecule has 112 valence electrons. The van der Waals surface area contributed by atoms with Gasteiger partial charge in [-0.15, -0.1) is 0 Å². The Kier molecular flexibility index (Phi) is 4.76. The largest absolute Gasteiger partial charge is 0.339 e. The zero-order valence-electron chi connectivity index (χ0n) is 11.6. The van der Waals surface area contributed by atoms with E-state index in [1.165, 1.54) is 6.07 Å². The van der Waals surface area contributed by atoms with Gasteiger partial charge >= 0.3 is 0 Å². The van der Waals surface area contributed by atoms with Crippen LogP contribution in [0.2, 0.25) is 5.28 Å². The fourth-order valence-electron chi connectivity index (χ4n) is 1.83. The lowest BCUT2D eigenvalue weighted by atomic mass is 10.2. The molecule has 8 heteroatoms. The van der Waals surface area contributed by atoms with Crippen LogP contribution in [0.5, 0.6) is 0 Å². The van der Waals surface area contributed by atoms with Crippen LogP contribution < -0.4 is 10.6 Å². The second kappa shape index (κ2) is 6.38. The number of benzene rings is 1. The molecule has 0 fully saturated rings. The number of rotatable bonds is 5. The first kappa shape index (κ1) is 15.7. The second-order valence-corrected chi connectivity index (χ2v) is 6.76. The maximum Gasteiger partial charge on any atom is 0.224 e. The van der Waals surface area contributed by atoms with Crippen LogP contribution in [0, 0.1) is 0 Å². The van der Waals surface area contributed by atoms with Crippen molar-refractivity contribution >= 4 is 32.9 Å². The third kappa shape index (κ3) is 3.90. The first-order valence-electron chi connectivity index (χ1n) is 6.14. The van der Waals surface area contributed by atoms with Gasteiger partial charge in [0, 0.05) is 24.6 Å². The SMILES string of the molecule is CNCc1cnc(Cl)nc1Nc1ccccc1S(C)(=O)=O. The highest BCUT2D eigenvalue weighted by molar-refractivity contribution is 7.90. The number of hydrogen-bond donors (Lipinski definition) is 2. The van der Waals surface area contributed by atoms with E-state index in [2.05, 4.69) is 20.6 Å². The van der Waals surface area contributed by atoms with E-state index in [1.807, 2.05) is 0 Å². The van der Waals surface area contributed by atoms with E-state index in [9.17, 15) is 8.42 Å². The molecule has 0 amide bonds. The van der Waals surface area contributed by atoms with E-state index in [0.717, 1.165) is 11.8 Å². The lowest BCUT2D eigenvalue weighted by molar-refractivity contribution is 0.602. The van der Waals surface area contributed by atoms with Gasteiger partial charge in [0.2, 0.25) is 5.28 Å². The van der Waals surface area contributed by atoms with Gasteiger partial charge in [0.25, 0.3) is 0 Å². The number of para-hydroxylation sites is 1. The highest BCUT2D eigenvalue weighted by Gasteiger charge is 2.14. The number of anilines is 2. The average molecular weight is 327 g/mol. The van der Waals surface area contributed by atoms with Crippen LogP contribution in [0.1, 0.15) is 5.56 Å². The Hall–Kier alpha value is -1.70. The maximum atomic E-state index is 11.8. The normalized spacial score (nSPS) is 11.4. The summed E-state index contributed by atoms with van der Waals surface area (Å²) in [7, 11) is -1.55. The van der Waals surface area contributed by atoms with Crippen molar-refractivity contribution < 1.29 is 8.42 Å². The smallest absolute Gasteiger partial charge is 0.224 e. The number of sulfone groups is 1. The number of nitrogens with zero attached hydrogens (tertiary/aromatic N) is 2. The minimum absolute atomic E-state index is 0.0918. The molecule has 0 bridgehead atoms. The van der Waals surface area contributed by atoms with E-state index < -0.39 is 9.84 Å². The molecule has 1 aromatic carbocycles. The van der Waals surface area contributed by atoms with Crippen molar-refractivity contribution in [2.45, 2.75) is 11.4 Å². The first-order valence-corrected chi connectivity index (χ1v) is 8.41.